The topological polar surface area (TPSA) is 39.8 Å². The molecule has 2 rings (SSSR count). The predicted molar refractivity (Wildman–Crippen MR) is 74.5 cm³/mol. The maximum atomic E-state index is 3.53. The average Bonchev–Trinajstić information content (AvgIpc) is 2.73. The van der Waals surface area contributed by atoms with Crippen molar-refractivity contribution >= 4 is 16.6 Å². The maximum absolute atomic E-state index is 3.53. The highest BCUT2D eigenvalue weighted by Gasteiger charge is 2.05. The number of fused-ring (bicyclic) bond motifs is 1. The summed E-state index contributed by atoms with van der Waals surface area (Å²) in [4.78, 5) is 3.28. The fraction of sp³-hybridized carbons (Fsp3) is 0.429. The van der Waals surface area contributed by atoms with Crippen molar-refractivity contribution in [3.63, 3.8) is 0 Å². The molecule has 0 spiro atoms. The Labute approximate surface area is 103 Å². The van der Waals surface area contributed by atoms with E-state index in [4.69, 9.17) is 0 Å². The molecule has 0 saturated carbocycles. The van der Waals surface area contributed by atoms with Gasteiger partial charge >= 0.3 is 0 Å². The minimum atomic E-state index is 0.431. The van der Waals surface area contributed by atoms with Crippen LogP contribution in [0.25, 0.3) is 10.9 Å². The van der Waals surface area contributed by atoms with Gasteiger partial charge in [-0.3, -0.25) is 0 Å². The molecule has 3 heteroatoms. The Bertz CT molecular complexity index is 461. The molecule has 3 nitrogen and oxygen atoms in total. The molecule has 3 N–H and O–H groups in total. The Morgan fingerprint density at radius 2 is 2.12 bits per heavy atom. The van der Waals surface area contributed by atoms with Crippen LogP contribution < -0.4 is 10.6 Å². The summed E-state index contributed by atoms with van der Waals surface area (Å²) in [6, 6.07) is 8.79. The lowest BCUT2D eigenvalue weighted by Crippen LogP contribution is -2.30. The molecule has 1 aromatic carbocycles. The minimum absolute atomic E-state index is 0.431. The molecular weight excluding hydrogens is 210 g/mol. The van der Waals surface area contributed by atoms with E-state index in [-0.39, 0.29) is 0 Å². The Morgan fingerprint density at radius 1 is 1.29 bits per heavy atom. The second-order valence-electron chi connectivity index (χ2n) is 4.50. The summed E-state index contributed by atoms with van der Waals surface area (Å²) in [5.41, 5.74) is 2.37. The third-order valence-electron chi connectivity index (χ3n) is 2.87. The first-order chi connectivity index (χ1) is 8.31. The number of para-hydroxylation sites is 1. The Morgan fingerprint density at radius 3 is 2.94 bits per heavy atom. The molecule has 0 bridgehead atoms. The van der Waals surface area contributed by atoms with Crippen molar-refractivity contribution in [1.82, 2.24) is 10.3 Å². The Kier molecular flexibility index (Phi) is 4.04. The van der Waals surface area contributed by atoms with Crippen LogP contribution in [0, 0.1) is 0 Å². The molecule has 0 unspecified atom stereocenters. The summed E-state index contributed by atoms with van der Waals surface area (Å²) < 4.78 is 0. The molecule has 2 aromatic rings. The van der Waals surface area contributed by atoms with Crippen LogP contribution in [0.5, 0.6) is 0 Å². The van der Waals surface area contributed by atoms with Gasteiger partial charge in [-0.1, -0.05) is 25.1 Å². The number of aromatic amines is 1. The van der Waals surface area contributed by atoms with Gasteiger partial charge in [0.1, 0.15) is 0 Å². The summed E-state index contributed by atoms with van der Waals surface area (Å²) in [7, 11) is 0. The summed E-state index contributed by atoms with van der Waals surface area (Å²) in [5, 5.41) is 8.21. The van der Waals surface area contributed by atoms with Crippen LogP contribution in [0.2, 0.25) is 0 Å². The lowest BCUT2D eigenvalue weighted by molar-refractivity contribution is 0.625. The van der Waals surface area contributed by atoms with E-state index >= 15 is 0 Å². The largest absolute Gasteiger partial charge is 0.380 e. The van der Waals surface area contributed by atoms with Gasteiger partial charge in [-0.15, -0.1) is 0 Å². The van der Waals surface area contributed by atoms with E-state index < -0.39 is 0 Å². The molecule has 0 saturated heterocycles. The van der Waals surface area contributed by atoms with Crippen molar-refractivity contribution in [2.45, 2.75) is 26.3 Å². The lowest BCUT2D eigenvalue weighted by Gasteiger charge is -2.15. The smallest absolute Gasteiger partial charge is 0.0600 e. The second-order valence-corrected chi connectivity index (χ2v) is 4.50. The minimum Gasteiger partial charge on any atom is -0.380 e. The second kappa shape index (κ2) is 5.73. The molecule has 1 aromatic heterocycles. The number of rotatable bonds is 6. The number of hydrogen-bond donors (Lipinski definition) is 3. The first-order valence-corrected chi connectivity index (χ1v) is 6.34. The number of aromatic nitrogens is 1. The molecule has 92 valence electrons. The van der Waals surface area contributed by atoms with E-state index in [1.165, 1.54) is 23.0 Å². The highest BCUT2D eigenvalue weighted by Crippen LogP contribution is 2.22. The van der Waals surface area contributed by atoms with Gasteiger partial charge in [0.05, 0.1) is 5.69 Å². The van der Waals surface area contributed by atoms with Gasteiger partial charge in [0.2, 0.25) is 0 Å². The van der Waals surface area contributed by atoms with Crippen LogP contribution in [-0.2, 0) is 0 Å². The van der Waals surface area contributed by atoms with Crippen LogP contribution >= 0.6 is 0 Å². The monoisotopic (exact) mass is 231 g/mol. The van der Waals surface area contributed by atoms with Crippen molar-refractivity contribution in [2.75, 3.05) is 18.4 Å². The third-order valence-corrected chi connectivity index (χ3v) is 2.87. The van der Waals surface area contributed by atoms with Crippen molar-refractivity contribution in [2.24, 2.45) is 0 Å². The standard InChI is InChI=1S/C14H21N3/c1-3-8-15-9-11(2)17-14-10-16-13-7-5-4-6-12(13)14/h4-7,10-11,15-17H,3,8-9H2,1-2H3/t11-/m0/s1. The molecule has 0 radical (unpaired) electrons. The van der Waals surface area contributed by atoms with Crippen LogP contribution in [0.3, 0.4) is 0 Å². The van der Waals surface area contributed by atoms with E-state index in [1.54, 1.807) is 0 Å². The van der Waals surface area contributed by atoms with Crippen LogP contribution in [0.1, 0.15) is 20.3 Å². The molecule has 17 heavy (non-hydrogen) atoms. The molecule has 0 amide bonds. The lowest BCUT2D eigenvalue weighted by atomic mass is 10.2. The highest BCUT2D eigenvalue weighted by atomic mass is 15.0. The zero-order valence-electron chi connectivity index (χ0n) is 10.6. The van der Waals surface area contributed by atoms with Gasteiger partial charge in [-0.2, -0.15) is 0 Å². The van der Waals surface area contributed by atoms with Gasteiger partial charge in [0.15, 0.2) is 0 Å². The van der Waals surface area contributed by atoms with Crippen molar-refractivity contribution in [3.05, 3.63) is 30.5 Å². The predicted octanol–water partition coefficient (Wildman–Crippen LogP) is 2.97. The Hall–Kier alpha value is -1.48. The maximum Gasteiger partial charge on any atom is 0.0600 e. The summed E-state index contributed by atoms with van der Waals surface area (Å²) >= 11 is 0. The van der Waals surface area contributed by atoms with E-state index in [0.29, 0.717) is 6.04 Å². The summed E-state index contributed by atoms with van der Waals surface area (Å²) in [6.07, 6.45) is 3.22. The highest BCUT2D eigenvalue weighted by molar-refractivity contribution is 5.92. The first kappa shape index (κ1) is 12.0. The van der Waals surface area contributed by atoms with E-state index in [0.717, 1.165) is 13.1 Å². The number of anilines is 1. The van der Waals surface area contributed by atoms with Crippen LogP contribution in [0.15, 0.2) is 30.5 Å². The molecule has 0 fully saturated rings. The number of hydrogen-bond acceptors (Lipinski definition) is 2. The SMILES string of the molecule is CCCNC[C@H](C)Nc1c[nH]c2ccccc12. The first-order valence-electron chi connectivity index (χ1n) is 6.34. The third kappa shape index (κ3) is 3.01. The van der Waals surface area contributed by atoms with Crippen LogP contribution in [0.4, 0.5) is 5.69 Å². The molecule has 1 heterocycles. The van der Waals surface area contributed by atoms with Crippen molar-refractivity contribution in [3.8, 4) is 0 Å². The zero-order valence-corrected chi connectivity index (χ0v) is 10.6. The number of nitrogens with one attached hydrogen (secondary N) is 3. The van der Waals surface area contributed by atoms with Gasteiger partial charge in [0.25, 0.3) is 0 Å². The molecule has 0 aliphatic carbocycles. The molecule has 0 aliphatic heterocycles. The van der Waals surface area contributed by atoms with E-state index in [9.17, 15) is 0 Å². The van der Waals surface area contributed by atoms with Gasteiger partial charge < -0.3 is 15.6 Å². The molecule has 0 aliphatic rings. The molecule has 1 atom stereocenters. The number of H-pyrrole nitrogens is 1. The quantitative estimate of drug-likeness (QED) is 0.669. The van der Waals surface area contributed by atoms with Gasteiger partial charge in [-0.05, 0) is 26.0 Å². The van der Waals surface area contributed by atoms with E-state index in [1.807, 2.05) is 6.20 Å². The summed E-state index contributed by atoms with van der Waals surface area (Å²) in [6.45, 7) is 6.46. The normalized spacial score (nSPS) is 12.8. The van der Waals surface area contributed by atoms with E-state index in [2.05, 4.69) is 53.7 Å². The average molecular weight is 231 g/mol. The zero-order chi connectivity index (χ0) is 12.1. The van der Waals surface area contributed by atoms with Crippen LogP contribution in [-0.4, -0.2) is 24.1 Å². The van der Waals surface area contributed by atoms with Gasteiger partial charge in [-0.25, -0.2) is 0 Å². The summed E-state index contributed by atoms with van der Waals surface area (Å²) in [5.74, 6) is 0. The fourth-order valence-electron chi connectivity index (χ4n) is 2.00. The Balaban J connectivity index is 1.98. The number of benzene rings is 1. The molecular formula is C14H21N3. The van der Waals surface area contributed by atoms with Crippen molar-refractivity contribution in [1.29, 1.82) is 0 Å². The van der Waals surface area contributed by atoms with Crippen molar-refractivity contribution < 1.29 is 0 Å². The fourth-order valence-corrected chi connectivity index (χ4v) is 2.00. The van der Waals surface area contributed by atoms with Gasteiger partial charge in [0, 0.05) is 29.7 Å².